The molecule has 6 nitrogen and oxygen atoms in total. The van der Waals surface area contributed by atoms with Crippen LogP contribution in [0.4, 0.5) is 5.69 Å². The van der Waals surface area contributed by atoms with Crippen LogP contribution in [0.5, 0.6) is 11.5 Å². The highest BCUT2D eigenvalue weighted by molar-refractivity contribution is 5.94. The van der Waals surface area contributed by atoms with Gasteiger partial charge in [0.1, 0.15) is 0 Å². The minimum absolute atomic E-state index is 0.174. The molecule has 0 radical (unpaired) electrons. The highest BCUT2D eigenvalue weighted by Crippen LogP contribution is 2.28. The van der Waals surface area contributed by atoms with E-state index in [1.807, 2.05) is 44.2 Å². The van der Waals surface area contributed by atoms with Crippen LogP contribution in [0.3, 0.4) is 0 Å². The van der Waals surface area contributed by atoms with Gasteiger partial charge in [-0.05, 0) is 48.6 Å². The summed E-state index contributed by atoms with van der Waals surface area (Å²) in [5.74, 6) is 0.472. The summed E-state index contributed by atoms with van der Waals surface area (Å²) < 4.78 is 15.6. The Morgan fingerprint density at radius 3 is 2.46 bits per heavy atom. The third-order valence-electron chi connectivity index (χ3n) is 4.43. The maximum atomic E-state index is 12.1. The average molecular weight is 385 g/mol. The smallest absolute Gasteiger partial charge is 0.306 e. The Morgan fingerprint density at radius 2 is 1.79 bits per heavy atom. The Labute approximate surface area is 165 Å². The molecule has 150 valence electrons. The molecule has 2 rings (SSSR count). The number of carbonyl (C=O) groups is 2. The molecule has 0 atom stereocenters. The summed E-state index contributed by atoms with van der Waals surface area (Å²) in [6.07, 6.45) is 1.47. The highest BCUT2D eigenvalue weighted by atomic mass is 16.5. The monoisotopic (exact) mass is 385 g/mol. The molecule has 0 saturated carbocycles. The summed E-state index contributed by atoms with van der Waals surface area (Å²) in [4.78, 5) is 24.1. The van der Waals surface area contributed by atoms with Gasteiger partial charge < -0.3 is 19.5 Å². The van der Waals surface area contributed by atoms with Crippen molar-refractivity contribution in [3.05, 3.63) is 53.1 Å². The van der Waals surface area contributed by atoms with Crippen molar-refractivity contribution in [1.29, 1.82) is 0 Å². The van der Waals surface area contributed by atoms with Gasteiger partial charge >= 0.3 is 5.97 Å². The van der Waals surface area contributed by atoms with Gasteiger partial charge in [-0.2, -0.15) is 0 Å². The van der Waals surface area contributed by atoms with E-state index in [-0.39, 0.29) is 18.9 Å². The normalized spacial score (nSPS) is 10.3. The number of esters is 1. The Bertz CT molecular complexity index is 832. The Balaban J connectivity index is 1.83. The molecule has 0 aliphatic rings. The standard InChI is InChI=1S/C22H27NO5/c1-5-17-8-6-7-15(2)22(17)23-20(24)14-28-21(25)12-10-16-9-11-18(26-3)19(13-16)27-4/h6-9,11,13H,5,10,12,14H2,1-4H3,(H,23,24). The zero-order valence-electron chi connectivity index (χ0n) is 16.8. The van der Waals surface area contributed by atoms with Gasteiger partial charge in [0.25, 0.3) is 5.91 Å². The van der Waals surface area contributed by atoms with E-state index >= 15 is 0 Å². The fourth-order valence-corrected chi connectivity index (χ4v) is 2.88. The molecule has 1 amide bonds. The number of amides is 1. The number of methoxy groups -OCH3 is 2. The second-order valence-corrected chi connectivity index (χ2v) is 6.36. The predicted molar refractivity (Wildman–Crippen MR) is 108 cm³/mol. The molecular weight excluding hydrogens is 358 g/mol. The van der Waals surface area contributed by atoms with Crippen LogP contribution in [-0.4, -0.2) is 32.7 Å². The van der Waals surface area contributed by atoms with Crippen molar-refractivity contribution < 1.29 is 23.8 Å². The number of hydrogen-bond acceptors (Lipinski definition) is 5. The number of hydrogen-bond donors (Lipinski definition) is 1. The van der Waals surface area contributed by atoms with Crippen LogP contribution in [0.25, 0.3) is 0 Å². The number of ether oxygens (including phenoxy) is 3. The summed E-state index contributed by atoms with van der Waals surface area (Å²) in [5, 5.41) is 2.84. The van der Waals surface area contributed by atoms with Crippen molar-refractivity contribution in [1.82, 2.24) is 0 Å². The van der Waals surface area contributed by atoms with Crippen LogP contribution < -0.4 is 14.8 Å². The van der Waals surface area contributed by atoms with Crippen LogP contribution in [0.1, 0.15) is 30.0 Å². The fraction of sp³-hybridized carbons (Fsp3) is 0.364. The van der Waals surface area contributed by atoms with E-state index in [1.54, 1.807) is 20.3 Å². The lowest BCUT2D eigenvalue weighted by atomic mass is 10.1. The van der Waals surface area contributed by atoms with Crippen molar-refractivity contribution in [2.45, 2.75) is 33.1 Å². The highest BCUT2D eigenvalue weighted by Gasteiger charge is 2.12. The third kappa shape index (κ3) is 5.74. The average Bonchev–Trinajstić information content (AvgIpc) is 2.71. The first-order valence-corrected chi connectivity index (χ1v) is 9.23. The van der Waals surface area contributed by atoms with Crippen molar-refractivity contribution >= 4 is 17.6 Å². The molecule has 0 bridgehead atoms. The SMILES string of the molecule is CCc1cccc(C)c1NC(=O)COC(=O)CCc1ccc(OC)c(OC)c1. The number of carbonyl (C=O) groups excluding carboxylic acids is 2. The Hall–Kier alpha value is -3.02. The quantitative estimate of drug-likeness (QED) is 0.667. The maximum Gasteiger partial charge on any atom is 0.306 e. The minimum Gasteiger partial charge on any atom is -0.493 e. The largest absolute Gasteiger partial charge is 0.493 e. The van der Waals surface area contributed by atoms with Crippen molar-refractivity contribution in [2.75, 3.05) is 26.1 Å². The Kier molecular flexibility index (Phi) is 7.87. The summed E-state index contributed by atoms with van der Waals surface area (Å²) in [7, 11) is 3.13. The molecule has 6 heteroatoms. The van der Waals surface area contributed by atoms with E-state index in [1.165, 1.54) is 0 Å². The molecule has 0 aliphatic carbocycles. The molecule has 0 aromatic heterocycles. The number of aryl methyl sites for hydroxylation is 3. The zero-order valence-corrected chi connectivity index (χ0v) is 16.8. The zero-order chi connectivity index (χ0) is 20.5. The van der Waals surface area contributed by atoms with Gasteiger partial charge in [-0.15, -0.1) is 0 Å². The van der Waals surface area contributed by atoms with Crippen molar-refractivity contribution in [2.24, 2.45) is 0 Å². The summed E-state index contributed by atoms with van der Waals surface area (Å²) in [5.41, 5.74) is 3.74. The van der Waals surface area contributed by atoms with Crippen molar-refractivity contribution in [3.8, 4) is 11.5 Å². The van der Waals surface area contributed by atoms with Crippen LogP contribution in [0.2, 0.25) is 0 Å². The molecule has 0 saturated heterocycles. The van der Waals surface area contributed by atoms with Gasteiger partial charge in [0.2, 0.25) is 0 Å². The maximum absolute atomic E-state index is 12.1. The van der Waals surface area contributed by atoms with Gasteiger partial charge in [0, 0.05) is 12.1 Å². The number of anilines is 1. The van der Waals surface area contributed by atoms with Crippen LogP contribution in [-0.2, 0) is 27.2 Å². The van der Waals surface area contributed by atoms with E-state index < -0.39 is 5.97 Å². The van der Waals surface area contributed by atoms with Crippen LogP contribution >= 0.6 is 0 Å². The number of nitrogens with one attached hydrogen (secondary N) is 1. The lowest BCUT2D eigenvalue weighted by Gasteiger charge is -2.13. The van der Waals surface area contributed by atoms with Gasteiger partial charge in [0.05, 0.1) is 14.2 Å². The van der Waals surface area contributed by atoms with E-state index in [9.17, 15) is 9.59 Å². The first-order chi connectivity index (χ1) is 13.5. The van der Waals surface area contributed by atoms with E-state index in [4.69, 9.17) is 14.2 Å². The summed E-state index contributed by atoms with van der Waals surface area (Å²) in [6, 6.07) is 11.3. The van der Waals surface area contributed by atoms with Gasteiger partial charge in [-0.1, -0.05) is 31.2 Å². The molecule has 1 N–H and O–H groups in total. The number of rotatable bonds is 9. The van der Waals surface area contributed by atoms with Crippen molar-refractivity contribution in [3.63, 3.8) is 0 Å². The van der Waals surface area contributed by atoms with Gasteiger partial charge in [0.15, 0.2) is 18.1 Å². The molecule has 0 fully saturated rings. The summed E-state index contributed by atoms with van der Waals surface area (Å²) >= 11 is 0. The molecule has 0 aliphatic heterocycles. The van der Waals surface area contributed by atoms with E-state index in [0.29, 0.717) is 17.9 Å². The molecule has 28 heavy (non-hydrogen) atoms. The molecular formula is C22H27NO5. The van der Waals surface area contributed by atoms with E-state index in [2.05, 4.69) is 5.32 Å². The molecule has 2 aromatic carbocycles. The molecule has 2 aromatic rings. The first kappa shape index (κ1) is 21.3. The number of para-hydroxylation sites is 1. The first-order valence-electron chi connectivity index (χ1n) is 9.23. The second-order valence-electron chi connectivity index (χ2n) is 6.36. The molecule has 0 heterocycles. The minimum atomic E-state index is -0.426. The lowest BCUT2D eigenvalue weighted by molar-refractivity contribution is -0.147. The third-order valence-corrected chi connectivity index (χ3v) is 4.43. The van der Waals surface area contributed by atoms with Gasteiger partial charge in [-0.3, -0.25) is 9.59 Å². The predicted octanol–water partition coefficient (Wildman–Crippen LogP) is 3.69. The summed E-state index contributed by atoms with van der Waals surface area (Å²) in [6.45, 7) is 3.66. The molecule has 0 unspecified atom stereocenters. The number of benzene rings is 2. The second kappa shape index (κ2) is 10.3. The lowest BCUT2D eigenvalue weighted by Crippen LogP contribution is -2.22. The van der Waals surface area contributed by atoms with Gasteiger partial charge in [-0.25, -0.2) is 0 Å². The molecule has 0 spiro atoms. The van der Waals surface area contributed by atoms with Crippen LogP contribution in [0, 0.1) is 6.92 Å². The van der Waals surface area contributed by atoms with E-state index in [0.717, 1.165) is 28.8 Å². The topological polar surface area (TPSA) is 73.9 Å². The Morgan fingerprint density at radius 1 is 1.04 bits per heavy atom. The fourth-order valence-electron chi connectivity index (χ4n) is 2.88. The van der Waals surface area contributed by atoms with Crippen LogP contribution in [0.15, 0.2) is 36.4 Å².